The van der Waals surface area contributed by atoms with Gasteiger partial charge in [0, 0.05) is 19.7 Å². The number of anilines is 1. The van der Waals surface area contributed by atoms with Gasteiger partial charge in [0.05, 0.1) is 11.5 Å². The summed E-state index contributed by atoms with van der Waals surface area (Å²) >= 11 is 0. The maximum Gasteiger partial charge on any atom is 0.333 e. The van der Waals surface area contributed by atoms with Gasteiger partial charge in [0.1, 0.15) is 5.69 Å². The Morgan fingerprint density at radius 1 is 1.50 bits per heavy atom. The normalized spacial score (nSPS) is 11.1. The summed E-state index contributed by atoms with van der Waals surface area (Å²) in [4.78, 5) is 10.7. The molecule has 1 N–H and O–H groups in total. The molecule has 0 bridgehead atoms. The number of hydrogen-bond acceptors (Lipinski definition) is 5. The lowest BCUT2D eigenvalue weighted by atomic mass is 10.2. The summed E-state index contributed by atoms with van der Waals surface area (Å²) < 4.78 is 7.12. The van der Waals surface area contributed by atoms with Crippen LogP contribution in [0.25, 0.3) is 0 Å². The van der Waals surface area contributed by atoms with Crippen LogP contribution in [0.3, 0.4) is 0 Å². The van der Waals surface area contributed by atoms with Crippen LogP contribution in [0.5, 0.6) is 0 Å². The molecule has 0 amide bonds. The highest BCUT2D eigenvalue weighted by atomic mass is 16.6. The number of aromatic nitrogens is 2. The fraction of sp³-hybridized carbons (Fsp3) is 0.769. The molecule has 7 heteroatoms. The van der Waals surface area contributed by atoms with E-state index in [1.165, 1.54) is 0 Å². The van der Waals surface area contributed by atoms with E-state index in [1.54, 1.807) is 11.6 Å². The molecule has 1 aromatic rings. The average Bonchev–Trinajstić information content (AvgIpc) is 2.65. The van der Waals surface area contributed by atoms with Crippen LogP contribution in [0, 0.1) is 23.0 Å². The van der Waals surface area contributed by atoms with Gasteiger partial charge in [-0.25, -0.2) is 4.68 Å². The van der Waals surface area contributed by atoms with Crippen LogP contribution in [0.4, 0.5) is 11.5 Å². The first-order chi connectivity index (χ1) is 9.47. The molecule has 0 saturated carbocycles. The standard InChI is InChI=1S/C13H24N4O3/c1-5-7-16-13(12(17(18)19)11(4)15-16)14-6-8-20-9-10(2)3/h10,14H,5-9H2,1-4H3. The van der Waals surface area contributed by atoms with Gasteiger partial charge in [-0.2, -0.15) is 5.10 Å². The number of nitrogens with zero attached hydrogens (tertiary/aromatic N) is 3. The van der Waals surface area contributed by atoms with Crippen molar-refractivity contribution >= 4 is 11.5 Å². The van der Waals surface area contributed by atoms with Crippen molar-refractivity contribution in [3.8, 4) is 0 Å². The minimum atomic E-state index is -0.383. The quantitative estimate of drug-likeness (QED) is 0.428. The van der Waals surface area contributed by atoms with E-state index >= 15 is 0 Å². The van der Waals surface area contributed by atoms with E-state index in [-0.39, 0.29) is 10.6 Å². The minimum Gasteiger partial charge on any atom is -0.379 e. The third-order valence-electron chi connectivity index (χ3n) is 2.70. The second-order valence-electron chi connectivity index (χ2n) is 5.16. The molecule has 0 aliphatic rings. The maximum absolute atomic E-state index is 11.1. The van der Waals surface area contributed by atoms with E-state index in [0.29, 0.717) is 43.7 Å². The van der Waals surface area contributed by atoms with E-state index < -0.39 is 0 Å². The summed E-state index contributed by atoms with van der Waals surface area (Å²) in [6.45, 7) is 10.2. The highest BCUT2D eigenvalue weighted by molar-refractivity contribution is 5.59. The first-order valence-electron chi connectivity index (χ1n) is 7.00. The third kappa shape index (κ3) is 4.48. The Balaban J connectivity index is 2.68. The molecular weight excluding hydrogens is 260 g/mol. The molecule has 1 aromatic heterocycles. The minimum absolute atomic E-state index is 0.0577. The molecule has 0 radical (unpaired) electrons. The average molecular weight is 284 g/mol. The highest BCUT2D eigenvalue weighted by Crippen LogP contribution is 2.28. The SMILES string of the molecule is CCCn1nc(C)c([N+](=O)[O-])c1NCCOCC(C)C. The lowest BCUT2D eigenvalue weighted by Gasteiger charge is -2.10. The van der Waals surface area contributed by atoms with Crippen LogP contribution in [0.2, 0.25) is 0 Å². The first-order valence-corrected chi connectivity index (χ1v) is 7.00. The van der Waals surface area contributed by atoms with Gasteiger partial charge in [-0.05, 0) is 19.3 Å². The number of nitrogens with one attached hydrogen (secondary N) is 1. The molecule has 7 nitrogen and oxygen atoms in total. The van der Waals surface area contributed by atoms with Crippen molar-refractivity contribution in [2.75, 3.05) is 25.1 Å². The Kier molecular flexibility index (Phi) is 6.44. The fourth-order valence-corrected chi connectivity index (χ4v) is 1.90. The maximum atomic E-state index is 11.1. The van der Waals surface area contributed by atoms with Crippen molar-refractivity contribution in [1.82, 2.24) is 9.78 Å². The zero-order valence-corrected chi connectivity index (χ0v) is 12.7. The van der Waals surface area contributed by atoms with Crippen LogP contribution in [-0.4, -0.2) is 34.5 Å². The van der Waals surface area contributed by atoms with Crippen LogP contribution in [0.15, 0.2) is 0 Å². The van der Waals surface area contributed by atoms with Gasteiger partial charge in [-0.15, -0.1) is 0 Å². The third-order valence-corrected chi connectivity index (χ3v) is 2.70. The van der Waals surface area contributed by atoms with Crippen LogP contribution in [-0.2, 0) is 11.3 Å². The summed E-state index contributed by atoms with van der Waals surface area (Å²) in [5.41, 5.74) is 0.497. The summed E-state index contributed by atoms with van der Waals surface area (Å²) in [6.07, 6.45) is 0.872. The van der Waals surface area contributed by atoms with Gasteiger partial charge in [0.2, 0.25) is 5.82 Å². The molecule has 1 heterocycles. The Labute approximate surface area is 119 Å². The summed E-state index contributed by atoms with van der Waals surface area (Å²) in [5.74, 6) is 0.958. The first kappa shape index (κ1) is 16.4. The van der Waals surface area contributed by atoms with Crippen molar-refractivity contribution in [2.24, 2.45) is 5.92 Å². The molecule has 0 aliphatic carbocycles. The lowest BCUT2D eigenvalue weighted by Crippen LogP contribution is -2.15. The van der Waals surface area contributed by atoms with E-state index in [4.69, 9.17) is 4.74 Å². The zero-order chi connectivity index (χ0) is 15.1. The van der Waals surface area contributed by atoms with Crippen LogP contribution in [0.1, 0.15) is 32.9 Å². The largest absolute Gasteiger partial charge is 0.379 e. The van der Waals surface area contributed by atoms with E-state index in [0.717, 1.165) is 6.42 Å². The number of rotatable bonds is 9. The van der Waals surface area contributed by atoms with E-state index in [9.17, 15) is 10.1 Å². The van der Waals surface area contributed by atoms with Crippen molar-refractivity contribution in [2.45, 2.75) is 40.7 Å². The smallest absolute Gasteiger partial charge is 0.333 e. The van der Waals surface area contributed by atoms with Crippen LogP contribution >= 0.6 is 0 Å². The van der Waals surface area contributed by atoms with Crippen LogP contribution < -0.4 is 5.32 Å². The Morgan fingerprint density at radius 2 is 2.20 bits per heavy atom. The molecule has 0 aliphatic heterocycles. The van der Waals surface area contributed by atoms with Gasteiger partial charge < -0.3 is 10.1 Å². The molecule has 0 unspecified atom stereocenters. The summed E-state index contributed by atoms with van der Waals surface area (Å²) in [5, 5.41) is 18.4. The number of hydrogen-bond donors (Lipinski definition) is 1. The van der Waals surface area contributed by atoms with Gasteiger partial charge in [-0.1, -0.05) is 20.8 Å². The number of aryl methyl sites for hydroxylation is 2. The number of nitro groups is 1. The second-order valence-corrected chi connectivity index (χ2v) is 5.16. The molecule has 0 atom stereocenters. The Morgan fingerprint density at radius 3 is 2.75 bits per heavy atom. The molecule has 0 saturated heterocycles. The van der Waals surface area contributed by atoms with E-state index in [2.05, 4.69) is 24.3 Å². The zero-order valence-electron chi connectivity index (χ0n) is 12.7. The lowest BCUT2D eigenvalue weighted by molar-refractivity contribution is -0.384. The highest BCUT2D eigenvalue weighted by Gasteiger charge is 2.24. The van der Waals surface area contributed by atoms with Crippen molar-refractivity contribution in [3.63, 3.8) is 0 Å². The monoisotopic (exact) mass is 284 g/mol. The molecule has 20 heavy (non-hydrogen) atoms. The topological polar surface area (TPSA) is 82.2 Å². The summed E-state index contributed by atoms with van der Waals surface area (Å²) in [6, 6.07) is 0. The predicted molar refractivity (Wildman–Crippen MR) is 78.1 cm³/mol. The fourth-order valence-electron chi connectivity index (χ4n) is 1.90. The van der Waals surface area contributed by atoms with Crippen molar-refractivity contribution in [3.05, 3.63) is 15.8 Å². The van der Waals surface area contributed by atoms with Crippen molar-refractivity contribution < 1.29 is 9.66 Å². The molecule has 0 fully saturated rings. The molecule has 114 valence electrons. The van der Waals surface area contributed by atoms with E-state index in [1.807, 2.05) is 6.92 Å². The predicted octanol–water partition coefficient (Wildman–Crippen LogP) is 2.59. The van der Waals surface area contributed by atoms with Gasteiger partial charge in [0.25, 0.3) is 0 Å². The molecule has 0 aromatic carbocycles. The number of ether oxygens (including phenoxy) is 1. The molecular formula is C13H24N4O3. The van der Waals surface area contributed by atoms with Crippen molar-refractivity contribution in [1.29, 1.82) is 0 Å². The van der Waals surface area contributed by atoms with Gasteiger partial charge in [-0.3, -0.25) is 10.1 Å². The Hall–Kier alpha value is -1.63. The summed E-state index contributed by atoms with van der Waals surface area (Å²) in [7, 11) is 0. The molecule has 0 spiro atoms. The van der Waals surface area contributed by atoms with Gasteiger partial charge in [0.15, 0.2) is 0 Å². The van der Waals surface area contributed by atoms with Gasteiger partial charge >= 0.3 is 5.69 Å². The Bertz CT molecular complexity index is 443. The second kappa shape index (κ2) is 7.84. The molecule has 1 rings (SSSR count).